The maximum atomic E-state index is 6.56. The Morgan fingerprint density at radius 3 is 1.22 bits per heavy atom. The Kier molecular flexibility index (Phi) is 6.65. The van der Waals surface area contributed by atoms with E-state index in [2.05, 4.69) is 57.2 Å². The lowest BCUT2D eigenvalue weighted by Crippen LogP contribution is -2.58. The predicted molar refractivity (Wildman–Crippen MR) is 133 cm³/mol. The Morgan fingerprint density at radius 1 is 0.444 bits per heavy atom. The summed E-state index contributed by atoms with van der Waals surface area (Å²) in [4.78, 5) is 0. The molecule has 3 aromatic rings. The fourth-order valence-corrected chi connectivity index (χ4v) is 4.93. The van der Waals surface area contributed by atoms with Gasteiger partial charge in [-0.15, -0.1) is 0 Å². The van der Waals surface area contributed by atoms with Crippen LogP contribution < -0.4 is 0 Å². The Bertz CT molecular complexity index is 1160. The van der Waals surface area contributed by atoms with Gasteiger partial charge in [-0.1, -0.05) is 89.5 Å². The molecule has 3 heterocycles. The van der Waals surface area contributed by atoms with Gasteiger partial charge in [0.1, 0.15) is 24.4 Å². The maximum Gasteiger partial charge on any atom is 0.184 e. The van der Waals surface area contributed by atoms with Crippen LogP contribution in [-0.2, 0) is 28.4 Å². The second-order valence-corrected chi connectivity index (χ2v) is 9.94. The molecule has 3 fully saturated rings. The van der Waals surface area contributed by atoms with Crippen LogP contribution in [0.2, 0.25) is 0 Å². The molecular formula is C30H32O6. The Balaban J connectivity index is 1.25. The van der Waals surface area contributed by atoms with Crippen molar-refractivity contribution in [2.24, 2.45) is 0 Å². The molecule has 3 aliphatic rings. The van der Waals surface area contributed by atoms with E-state index in [-0.39, 0.29) is 24.4 Å². The van der Waals surface area contributed by atoms with Crippen LogP contribution in [0.25, 0.3) is 0 Å². The van der Waals surface area contributed by atoms with Gasteiger partial charge < -0.3 is 28.4 Å². The minimum absolute atomic E-state index is 0.293. The molecule has 6 heteroatoms. The average Bonchev–Trinajstić information content (AvgIpc) is 3.39. The van der Waals surface area contributed by atoms with Crippen LogP contribution in [-0.4, -0.2) is 37.6 Å². The molecule has 0 aromatic heterocycles. The molecule has 188 valence electrons. The standard InChI is InChI=1S/C30H32O6/c1-18-4-10-21(11-5-18)28-31-16-24(33-28)27-26-25(34-30(36-27)23-14-8-20(3)9-15-23)17-32-29(35-26)22-12-6-19(2)7-13-22/h4-15,24-30H,16-17H2,1-3H3/t24-,25+,26-,27-,28?,29?,30?/m1/s1. The molecule has 0 aliphatic carbocycles. The van der Waals surface area contributed by atoms with E-state index in [4.69, 9.17) is 28.4 Å². The van der Waals surface area contributed by atoms with E-state index < -0.39 is 18.9 Å². The van der Waals surface area contributed by atoms with Crippen molar-refractivity contribution >= 4 is 0 Å². The van der Waals surface area contributed by atoms with Gasteiger partial charge in [-0.3, -0.25) is 0 Å². The maximum absolute atomic E-state index is 6.56. The summed E-state index contributed by atoms with van der Waals surface area (Å²) in [6, 6.07) is 24.6. The van der Waals surface area contributed by atoms with Gasteiger partial charge in [0.25, 0.3) is 0 Å². The van der Waals surface area contributed by atoms with Crippen LogP contribution in [0.1, 0.15) is 52.3 Å². The number of hydrogen-bond acceptors (Lipinski definition) is 6. The second-order valence-electron chi connectivity index (χ2n) is 9.94. The summed E-state index contributed by atoms with van der Waals surface area (Å²) in [5.41, 5.74) is 6.49. The Morgan fingerprint density at radius 2 is 0.778 bits per heavy atom. The van der Waals surface area contributed by atoms with Gasteiger partial charge in [0.15, 0.2) is 18.9 Å². The molecular weight excluding hydrogens is 456 g/mol. The summed E-state index contributed by atoms with van der Waals surface area (Å²) in [6.45, 7) is 7.01. The van der Waals surface area contributed by atoms with Crippen LogP contribution in [0.15, 0.2) is 72.8 Å². The number of fused-ring (bicyclic) bond motifs is 1. The van der Waals surface area contributed by atoms with E-state index in [9.17, 15) is 0 Å². The summed E-state index contributed by atoms with van der Waals surface area (Å²) in [7, 11) is 0. The highest BCUT2D eigenvalue weighted by Crippen LogP contribution is 2.41. The van der Waals surface area contributed by atoms with Crippen molar-refractivity contribution in [3.8, 4) is 0 Å². The topological polar surface area (TPSA) is 55.4 Å². The van der Waals surface area contributed by atoms with Crippen LogP contribution >= 0.6 is 0 Å². The smallest absolute Gasteiger partial charge is 0.184 e. The van der Waals surface area contributed by atoms with Gasteiger partial charge in [0.05, 0.1) is 13.2 Å². The van der Waals surface area contributed by atoms with Gasteiger partial charge in [-0.25, -0.2) is 0 Å². The van der Waals surface area contributed by atoms with E-state index in [0.717, 1.165) is 16.7 Å². The molecule has 36 heavy (non-hydrogen) atoms. The number of benzene rings is 3. The number of ether oxygens (including phenoxy) is 6. The molecule has 0 N–H and O–H groups in total. The summed E-state index contributed by atoms with van der Waals surface area (Å²) < 4.78 is 38.0. The minimum Gasteiger partial charge on any atom is -0.346 e. The minimum atomic E-state index is -0.540. The number of rotatable bonds is 4. The number of aryl methyl sites for hydroxylation is 3. The number of hydrogen-bond donors (Lipinski definition) is 0. The van der Waals surface area contributed by atoms with Crippen LogP contribution in [0.4, 0.5) is 0 Å². The van der Waals surface area contributed by atoms with Crippen molar-refractivity contribution < 1.29 is 28.4 Å². The summed E-state index contributed by atoms with van der Waals surface area (Å²) >= 11 is 0. The van der Waals surface area contributed by atoms with Crippen molar-refractivity contribution in [1.29, 1.82) is 0 Å². The quantitative estimate of drug-likeness (QED) is 0.475. The van der Waals surface area contributed by atoms with Crippen molar-refractivity contribution in [2.45, 2.75) is 64.1 Å². The Labute approximate surface area is 212 Å². The average molecular weight is 489 g/mol. The van der Waals surface area contributed by atoms with E-state index in [1.165, 1.54) is 16.7 Å². The van der Waals surface area contributed by atoms with Crippen molar-refractivity contribution in [2.75, 3.05) is 13.2 Å². The van der Waals surface area contributed by atoms with Gasteiger partial charge in [-0.05, 0) is 20.8 Å². The zero-order valence-electron chi connectivity index (χ0n) is 20.8. The first kappa shape index (κ1) is 23.8. The van der Waals surface area contributed by atoms with Crippen molar-refractivity contribution in [3.05, 3.63) is 106 Å². The van der Waals surface area contributed by atoms with Crippen LogP contribution in [0.5, 0.6) is 0 Å². The lowest BCUT2D eigenvalue weighted by Gasteiger charge is -2.47. The third-order valence-corrected chi connectivity index (χ3v) is 7.09. The molecule has 0 spiro atoms. The summed E-state index contributed by atoms with van der Waals surface area (Å²) in [5, 5.41) is 0. The second kappa shape index (κ2) is 10.1. The molecule has 0 amide bonds. The molecule has 0 bridgehead atoms. The molecule has 0 radical (unpaired) electrons. The first-order valence-corrected chi connectivity index (χ1v) is 12.6. The lowest BCUT2D eigenvalue weighted by atomic mass is 9.99. The van der Waals surface area contributed by atoms with Crippen molar-refractivity contribution in [1.82, 2.24) is 0 Å². The van der Waals surface area contributed by atoms with E-state index in [1.54, 1.807) is 0 Å². The fraction of sp³-hybridized carbons (Fsp3) is 0.400. The molecule has 7 atom stereocenters. The molecule has 3 aromatic carbocycles. The highest BCUT2D eigenvalue weighted by molar-refractivity contribution is 5.25. The zero-order chi connectivity index (χ0) is 24.6. The third-order valence-electron chi connectivity index (χ3n) is 7.09. The van der Waals surface area contributed by atoms with Gasteiger partial charge in [0.2, 0.25) is 0 Å². The SMILES string of the molecule is Cc1ccc(C2OC[C@@H]3OC(c4ccc(C)cc4)O[C@H]([C@H]4COC(c5ccc(C)cc5)O4)[C@@H]3O2)cc1. The third kappa shape index (κ3) is 4.85. The highest BCUT2D eigenvalue weighted by atomic mass is 16.8. The van der Waals surface area contributed by atoms with E-state index in [1.807, 2.05) is 36.4 Å². The van der Waals surface area contributed by atoms with Crippen LogP contribution in [0, 0.1) is 20.8 Å². The van der Waals surface area contributed by atoms with Crippen LogP contribution in [0.3, 0.4) is 0 Å². The van der Waals surface area contributed by atoms with Crippen molar-refractivity contribution in [3.63, 3.8) is 0 Å². The normalized spacial score (nSPS) is 32.2. The molecule has 0 saturated carbocycles. The van der Waals surface area contributed by atoms with Gasteiger partial charge in [-0.2, -0.15) is 0 Å². The first-order chi connectivity index (χ1) is 17.5. The van der Waals surface area contributed by atoms with E-state index in [0.29, 0.717) is 13.2 Å². The summed E-state index contributed by atoms with van der Waals surface area (Å²) in [5.74, 6) is 0. The summed E-state index contributed by atoms with van der Waals surface area (Å²) in [6.07, 6.45) is -2.82. The Hall–Kier alpha value is -2.58. The zero-order valence-corrected chi connectivity index (χ0v) is 20.8. The first-order valence-electron chi connectivity index (χ1n) is 12.6. The predicted octanol–water partition coefficient (Wildman–Crippen LogP) is 5.62. The molecule has 3 saturated heterocycles. The largest absolute Gasteiger partial charge is 0.346 e. The highest BCUT2D eigenvalue weighted by Gasteiger charge is 2.50. The lowest BCUT2D eigenvalue weighted by molar-refractivity contribution is -0.373. The molecule has 3 unspecified atom stereocenters. The van der Waals surface area contributed by atoms with Gasteiger partial charge >= 0.3 is 0 Å². The molecule has 3 aliphatic heterocycles. The van der Waals surface area contributed by atoms with E-state index >= 15 is 0 Å². The molecule has 6 nitrogen and oxygen atoms in total. The fourth-order valence-electron chi connectivity index (χ4n) is 4.93. The molecule has 6 rings (SSSR count). The monoisotopic (exact) mass is 488 g/mol. The van der Waals surface area contributed by atoms with Gasteiger partial charge in [0, 0.05) is 16.7 Å².